The molecule has 2 aromatic carbocycles. The molecule has 0 spiro atoms. The molecule has 0 aliphatic heterocycles. The summed E-state index contributed by atoms with van der Waals surface area (Å²) in [5, 5.41) is 0. The van der Waals surface area contributed by atoms with E-state index >= 15 is 0 Å². The SMILES string of the molecule is CCC(Oc1ccccc1)C(F)=C(F)OC(F)=C(F)C(CC)Oc1ccccc1. The monoisotopic (exact) mass is 410 g/mol. The Kier molecular flexibility index (Phi) is 8.58. The minimum absolute atomic E-state index is 0.0417. The standard InChI is InChI=1S/C22H22F4O3/c1-3-17(27-15-11-7-5-8-12-15)19(23)21(25)29-22(26)20(24)18(4-2)28-16-13-9-6-10-14-16/h5-14,17-18H,3-4H2,1-2H3. The number of para-hydroxylation sites is 2. The number of hydrogen-bond donors (Lipinski definition) is 0. The van der Waals surface area contributed by atoms with Gasteiger partial charge in [0.05, 0.1) is 0 Å². The molecule has 0 N–H and O–H groups in total. The molecule has 0 saturated heterocycles. The lowest BCUT2D eigenvalue weighted by Crippen LogP contribution is -2.19. The Bertz CT molecular complexity index is 753. The van der Waals surface area contributed by atoms with Crippen LogP contribution in [-0.2, 0) is 4.74 Å². The minimum Gasteiger partial charge on any atom is -0.483 e. The van der Waals surface area contributed by atoms with E-state index in [1.54, 1.807) is 74.5 Å². The van der Waals surface area contributed by atoms with Gasteiger partial charge in [0.25, 0.3) is 0 Å². The number of halogens is 4. The van der Waals surface area contributed by atoms with Gasteiger partial charge in [0.2, 0.25) is 11.7 Å². The molecule has 0 heterocycles. The summed E-state index contributed by atoms with van der Waals surface area (Å²) in [4.78, 5) is 0. The summed E-state index contributed by atoms with van der Waals surface area (Å²) < 4.78 is 71.5. The van der Waals surface area contributed by atoms with Crippen LogP contribution >= 0.6 is 0 Å². The van der Waals surface area contributed by atoms with Crippen LogP contribution in [0, 0.1) is 0 Å². The minimum atomic E-state index is -1.91. The van der Waals surface area contributed by atoms with Gasteiger partial charge < -0.3 is 14.2 Å². The van der Waals surface area contributed by atoms with Crippen molar-refractivity contribution in [2.45, 2.75) is 38.9 Å². The summed E-state index contributed by atoms with van der Waals surface area (Å²) in [6.07, 6.45) is -2.62. The maximum absolute atomic E-state index is 14.3. The molecular formula is C22H22F4O3. The largest absolute Gasteiger partial charge is 0.483 e. The smallest absolute Gasteiger partial charge is 0.316 e. The molecule has 0 fully saturated rings. The van der Waals surface area contributed by atoms with E-state index in [1.807, 2.05) is 0 Å². The van der Waals surface area contributed by atoms with Gasteiger partial charge in [0.15, 0.2) is 12.2 Å². The predicted octanol–water partition coefficient (Wildman–Crippen LogP) is 6.93. The van der Waals surface area contributed by atoms with E-state index in [2.05, 4.69) is 4.74 Å². The van der Waals surface area contributed by atoms with Crippen molar-refractivity contribution >= 4 is 0 Å². The molecule has 2 unspecified atom stereocenters. The van der Waals surface area contributed by atoms with Crippen molar-refractivity contribution in [1.82, 2.24) is 0 Å². The average molecular weight is 410 g/mol. The van der Waals surface area contributed by atoms with E-state index in [9.17, 15) is 17.6 Å². The van der Waals surface area contributed by atoms with E-state index < -0.39 is 35.9 Å². The number of benzene rings is 2. The molecular weight excluding hydrogens is 388 g/mol. The third-order valence-corrected chi connectivity index (χ3v) is 3.90. The molecule has 156 valence electrons. The Morgan fingerprint density at radius 3 is 1.31 bits per heavy atom. The maximum Gasteiger partial charge on any atom is 0.316 e. The van der Waals surface area contributed by atoms with Crippen molar-refractivity contribution in [1.29, 1.82) is 0 Å². The molecule has 2 rings (SSSR count). The highest BCUT2D eigenvalue weighted by Gasteiger charge is 2.26. The van der Waals surface area contributed by atoms with Crippen LogP contribution in [0.5, 0.6) is 11.5 Å². The Balaban J connectivity index is 2.12. The van der Waals surface area contributed by atoms with Crippen LogP contribution in [0.4, 0.5) is 17.6 Å². The Morgan fingerprint density at radius 1 is 0.655 bits per heavy atom. The fourth-order valence-corrected chi connectivity index (χ4v) is 2.38. The zero-order valence-electron chi connectivity index (χ0n) is 16.1. The van der Waals surface area contributed by atoms with E-state index in [1.165, 1.54) is 0 Å². The van der Waals surface area contributed by atoms with Crippen LogP contribution in [0.15, 0.2) is 84.3 Å². The molecule has 0 aliphatic rings. The van der Waals surface area contributed by atoms with E-state index in [4.69, 9.17) is 9.47 Å². The maximum atomic E-state index is 14.3. The third-order valence-electron chi connectivity index (χ3n) is 3.90. The van der Waals surface area contributed by atoms with Crippen LogP contribution in [0.1, 0.15) is 26.7 Å². The molecule has 0 radical (unpaired) electrons. The van der Waals surface area contributed by atoms with Crippen LogP contribution in [-0.4, -0.2) is 12.2 Å². The molecule has 29 heavy (non-hydrogen) atoms. The zero-order valence-corrected chi connectivity index (χ0v) is 16.1. The summed E-state index contributed by atoms with van der Waals surface area (Å²) in [6.45, 7) is 3.10. The van der Waals surface area contributed by atoms with E-state index in [-0.39, 0.29) is 12.8 Å². The van der Waals surface area contributed by atoms with Crippen LogP contribution in [0.3, 0.4) is 0 Å². The second kappa shape index (κ2) is 11.1. The topological polar surface area (TPSA) is 27.7 Å². The van der Waals surface area contributed by atoms with Gasteiger partial charge in [-0.05, 0) is 37.1 Å². The normalized spacial score (nSPS) is 15.0. The van der Waals surface area contributed by atoms with Gasteiger partial charge in [-0.25, -0.2) is 8.78 Å². The van der Waals surface area contributed by atoms with Gasteiger partial charge >= 0.3 is 12.0 Å². The highest BCUT2D eigenvalue weighted by atomic mass is 19.2. The van der Waals surface area contributed by atoms with Crippen LogP contribution < -0.4 is 9.47 Å². The van der Waals surface area contributed by atoms with E-state index in [0.29, 0.717) is 11.5 Å². The zero-order chi connectivity index (χ0) is 21.2. The first kappa shape index (κ1) is 22.3. The summed E-state index contributed by atoms with van der Waals surface area (Å²) in [5.74, 6) is -2.36. The molecule has 0 saturated carbocycles. The summed E-state index contributed by atoms with van der Waals surface area (Å²) >= 11 is 0. The molecule has 3 nitrogen and oxygen atoms in total. The first-order valence-electron chi connectivity index (χ1n) is 9.17. The predicted molar refractivity (Wildman–Crippen MR) is 102 cm³/mol. The van der Waals surface area contributed by atoms with Gasteiger partial charge in [-0.3, -0.25) is 0 Å². The fourth-order valence-electron chi connectivity index (χ4n) is 2.38. The summed E-state index contributed by atoms with van der Waals surface area (Å²) in [5.41, 5.74) is 0. The first-order valence-corrected chi connectivity index (χ1v) is 9.17. The van der Waals surface area contributed by atoms with Crippen LogP contribution in [0.2, 0.25) is 0 Å². The second-order valence-corrected chi connectivity index (χ2v) is 6.00. The van der Waals surface area contributed by atoms with Gasteiger partial charge in [-0.1, -0.05) is 50.2 Å². The van der Waals surface area contributed by atoms with Crippen LogP contribution in [0.25, 0.3) is 0 Å². The molecule has 2 atom stereocenters. The van der Waals surface area contributed by atoms with Crippen molar-refractivity contribution in [3.8, 4) is 11.5 Å². The number of hydrogen-bond acceptors (Lipinski definition) is 3. The van der Waals surface area contributed by atoms with Crippen molar-refractivity contribution in [2.24, 2.45) is 0 Å². The van der Waals surface area contributed by atoms with Gasteiger partial charge in [-0.2, -0.15) is 8.78 Å². The van der Waals surface area contributed by atoms with Crippen molar-refractivity contribution in [3.63, 3.8) is 0 Å². The highest BCUT2D eigenvalue weighted by Crippen LogP contribution is 2.27. The third kappa shape index (κ3) is 6.55. The molecule has 2 aromatic rings. The molecule has 0 amide bonds. The van der Waals surface area contributed by atoms with Gasteiger partial charge in [0, 0.05) is 0 Å². The van der Waals surface area contributed by atoms with Crippen molar-refractivity contribution < 1.29 is 31.8 Å². The number of ether oxygens (including phenoxy) is 3. The Hall–Kier alpha value is -2.96. The van der Waals surface area contributed by atoms with Gasteiger partial charge in [0.1, 0.15) is 11.5 Å². The second-order valence-electron chi connectivity index (χ2n) is 6.00. The quantitative estimate of drug-likeness (QED) is 0.314. The lowest BCUT2D eigenvalue weighted by atomic mass is 10.2. The molecule has 0 bridgehead atoms. The van der Waals surface area contributed by atoms with Gasteiger partial charge in [-0.15, -0.1) is 0 Å². The lowest BCUT2D eigenvalue weighted by molar-refractivity contribution is 0.0991. The average Bonchev–Trinajstić information content (AvgIpc) is 2.76. The lowest BCUT2D eigenvalue weighted by Gasteiger charge is -2.17. The van der Waals surface area contributed by atoms with Crippen molar-refractivity contribution in [2.75, 3.05) is 0 Å². The van der Waals surface area contributed by atoms with Crippen molar-refractivity contribution in [3.05, 3.63) is 84.3 Å². The fraction of sp³-hybridized carbons (Fsp3) is 0.273. The molecule has 0 aromatic heterocycles. The Morgan fingerprint density at radius 2 is 1.00 bits per heavy atom. The summed E-state index contributed by atoms with van der Waals surface area (Å²) in [6, 6.07) is 12.5. The number of rotatable bonds is 10. The molecule has 0 aliphatic carbocycles. The molecule has 7 heteroatoms. The highest BCUT2D eigenvalue weighted by molar-refractivity contribution is 5.23. The summed E-state index contributed by atoms with van der Waals surface area (Å²) in [7, 11) is 0. The van der Waals surface area contributed by atoms with E-state index in [0.717, 1.165) is 0 Å². The first-order chi connectivity index (χ1) is 14.0. The Labute approximate surface area is 167 Å².